The molecule has 0 fully saturated rings. The molecule has 0 saturated heterocycles. The molecule has 0 aliphatic heterocycles. The highest BCUT2D eigenvalue weighted by Gasteiger charge is 2.06. The first kappa shape index (κ1) is 25.8. The minimum Gasteiger partial charge on any atom is -0.372 e. The Balaban J connectivity index is 0.000000197. The summed E-state index contributed by atoms with van der Waals surface area (Å²) in [7, 11) is 0. The summed E-state index contributed by atoms with van der Waals surface area (Å²) in [5.41, 5.74) is 6.38. The fraction of sp³-hybridized carbons (Fsp3) is 0.250. The zero-order chi connectivity index (χ0) is 24.0. The largest absolute Gasteiger partial charge is 0.372 e. The van der Waals surface area contributed by atoms with Crippen molar-refractivity contribution in [1.29, 1.82) is 0 Å². The Labute approximate surface area is 214 Å². The van der Waals surface area contributed by atoms with Crippen LogP contribution in [0.25, 0.3) is 22.3 Å². The second-order valence-corrected chi connectivity index (χ2v) is 9.37. The highest BCUT2D eigenvalue weighted by atomic mass is 79.9. The molecule has 4 rings (SSSR count). The number of nitrogens with zero attached hydrogens (tertiary/aromatic N) is 1. The first-order chi connectivity index (χ1) is 16.7. The molecule has 0 saturated carbocycles. The number of hydrogen-bond acceptors (Lipinski definition) is 1. The number of halogens is 1. The lowest BCUT2D eigenvalue weighted by molar-refractivity contribution is 0.678. The molecule has 0 unspecified atom stereocenters. The van der Waals surface area contributed by atoms with Gasteiger partial charge < -0.3 is 4.90 Å². The van der Waals surface area contributed by atoms with Crippen molar-refractivity contribution in [2.45, 2.75) is 39.5 Å². The van der Waals surface area contributed by atoms with Gasteiger partial charge in [0.1, 0.15) is 0 Å². The van der Waals surface area contributed by atoms with Crippen LogP contribution >= 0.6 is 15.9 Å². The maximum atomic E-state index is 3.54. The van der Waals surface area contributed by atoms with Gasteiger partial charge in [-0.15, -0.1) is 0 Å². The van der Waals surface area contributed by atoms with Gasteiger partial charge in [0, 0.05) is 23.2 Å². The van der Waals surface area contributed by atoms with Crippen LogP contribution in [0.1, 0.15) is 39.5 Å². The van der Waals surface area contributed by atoms with Crippen LogP contribution in [0.15, 0.2) is 114 Å². The Kier molecular flexibility index (Phi) is 10.9. The third-order valence-corrected chi connectivity index (χ3v) is 6.33. The number of para-hydroxylation sites is 1. The molecular weight excluding hydrogens is 478 g/mol. The van der Waals surface area contributed by atoms with E-state index in [2.05, 4.69) is 138 Å². The van der Waals surface area contributed by atoms with Gasteiger partial charge in [-0.3, -0.25) is 0 Å². The Hall–Kier alpha value is -2.84. The van der Waals surface area contributed by atoms with Gasteiger partial charge >= 0.3 is 0 Å². The fourth-order valence-corrected chi connectivity index (χ4v) is 4.37. The average molecular weight is 515 g/mol. The van der Waals surface area contributed by atoms with E-state index >= 15 is 0 Å². The molecule has 2 heteroatoms. The molecule has 0 aliphatic rings. The lowest BCUT2D eigenvalue weighted by Gasteiger charge is -2.24. The third kappa shape index (κ3) is 7.88. The van der Waals surface area contributed by atoms with Crippen molar-refractivity contribution in [1.82, 2.24) is 0 Å². The molecule has 0 spiro atoms. The van der Waals surface area contributed by atoms with E-state index in [4.69, 9.17) is 0 Å². The predicted octanol–water partition coefficient (Wildman–Crippen LogP) is 9.88. The van der Waals surface area contributed by atoms with Crippen LogP contribution < -0.4 is 4.90 Å². The number of anilines is 1. The van der Waals surface area contributed by atoms with Gasteiger partial charge in [0.2, 0.25) is 0 Å². The molecular formula is C32H36BrN. The maximum absolute atomic E-state index is 3.54. The normalized spacial score (nSPS) is 10.3. The summed E-state index contributed by atoms with van der Waals surface area (Å²) in [6, 6.07) is 38.2. The van der Waals surface area contributed by atoms with E-state index in [-0.39, 0.29) is 0 Å². The molecule has 0 amide bonds. The molecule has 34 heavy (non-hydrogen) atoms. The molecule has 0 atom stereocenters. The summed E-state index contributed by atoms with van der Waals surface area (Å²) in [6.07, 6.45) is 5.13. The summed E-state index contributed by atoms with van der Waals surface area (Å²) in [6.45, 7) is 6.90. The first-order valence-electron chi connectivity index (χ1n) is 12.4. The minimum atomic E-state index is 1.10. The lowest BCUT2D eigenvalue weighted by Crippen LogP contribution is -2.25. The molecule has 0 aliphatic carbocycles. The van der Waals surface area contributed by atoms with Gasteiger partial charge in [-0.1, -0.05) is 128 Å². The van der Waals surface area contributed by atoms with Crippen molar-refractivity contribution in [2.24, 2.45) is 0 Å². The number of rotatable bonds is 9. The van der Waals surface area contributed by atoms with Crippen LogP contribution in [0.4, 0.5) is 5.69 Å². The van der Waals surface area contributed by atoms with Gasteiger partial charge in [-0.2, -0.15) is 0 Å². The van der Waals surface area contributed by atoms with E-state index in [9.17, 15) is 0 Å². The molecule has 1 nitrogen and oxygen atoms in total. The van der Waals surface area contributed by atoms with E-state index in [1.54, 1.807) is 0 Å². The van der Waals surface area contributed by atoms with Crippen molar-refractivity contribution < 1.29 is 0 Å². The van der Waals surface area contributed by atoms with Crippen molar-refractivity contribution in [3.8, 4) is 22.3 Å². The van der Waals surface area contributed by atoms with Crippen LogP contribution in [-0.4, -0.2) is 13.1 Å². The zero-order valence-electron chi connectivity index (χ0n) is 20.5. The van der Waals surface area contributed by atoms with Crippen molar-refractivity contribution in [2.75, 3.05) is 18.0 Å². The molecule has 0 aromatic heterocycles. The second kappa shape index (κ2) is 14.4. The Morgan fingerprint density at radius 1 is 0.559 bits per heavy atom. The Bertz CT molecular complexity index is 1080. The van der Waals surface area contributed by atoms with E-state index in [0.717, 1.165) is 4.47 Å². The van der Waals surface area contributed by atoms with Gasteiger partial charge in [0.05, 0.1) is 0 Å². The van der Waals surface area contributed by atoms with Gasteiger partial charge in [0.15, 0.2) is 0 Å². The van der Waals surface area contributed by atoms with Crippen LogP contribution in [0.5, 0.6) is 0 Å². The molecule has 0 bridgehead atoms. The summed E-state index contributed by atoms with van der Waals surface area (Å²) in [4.78, 5) is 2.51. The molecule has 4 aromatic rings. The molecule has 0 radical (unpaired) electrons. The summed E-state index contributed by atoms with van der Waals surface area (Å²) >= 11 is 3.54. The summed E-state index contributed by atoms with van der Waals surface area (Å²) in [5.74, 6) is 0. The van der Waals surface area contributed by atoms with Gasteiger partial charge in [-0.05, 0) is 59.4 Å². The third-order valence-electron chi connectivity index (χ3n) is 5.83. The van der Waals surface area contributed by atoms with Crippen molar-refractivity contribution >= 4 is 21.6 Å². The summed E-state index contributed by atoms with van der Waals surface area (Å²) in [5, 5.41) is 0. The number of hydrogen-bond donors (Lipinski definition) is 0. The van der Waals surface area contributed by atoms with E-state index in [1.807, 2.05) is 6.07 Å². The predicted molar refractivity (Wildman–Crippen MR) is 153 cm³/mol. The summed E-state index contributed by atoms with van der Waals surface area (Å²) < 4.78 is 1.10. The van der Waals surface area contributed by atoms with E-state index < -0.39 is 0 Å². The SMILES string of the molecule is Brc1cccc(-c2ccccc2-c2ccccc2)c1.CCCCN(CCCC)c1ccccc1. The monoisotopic (exact) mass is 513 g/mol. The maximum Gasteiger partial charge on any atom is 0.0366 e. The zero-order valence-corrected chi connectivity index (χ0v) is 22.0. The van der Waals surface area contributed by atoms with E-state index in [0.29, 0.717) is 0 Å². The highest BCUT2D eigenvalue weighted by molar-refractivity contribution is 9.10. The van der Waals surface area contributed by atoms with Gasteiger partial charge in [0.25, 0.3) is 0 Å². The lowest BCUT2D eigenvalue weighted by atomic mass is 9.95. The Morgan fingerprint density at radius 3 is 1.62 bits per heavy atom. The first-order valence-corrected chi connectivity index (χ1v) is 13.2. The average Bonchev–Trinajstić information content (AvgIpc) is 2.90. The van der Waals surface area contributed by atoms with Crippen LogP contribution in [0, 0.1) is 0 Å². The minimum absolute atomic E-state index is 1.10. The molecule has 0 heterocycles. The quantitative estimate of drug-likeness (QED) is 0.215. The Morgan fingerprint density at radius 2 is 1.06 bits per heavy atom. The topological polar surface area (TPSA) is 3.24 Å². The van der Waals surface area contributed by atoms with Crippen LogP contribution in [-0.2, 0) is 0 Å². The van der Waals surface area contributed by atoms with Crippen molar-refractivity contribution in [3.63, 3.8) is 0 Å². The number of benzene rings is 4. The van der Waals surface area contributed by atoms with Crippen molar-refractivity contribution in [3.05, 3.63) is 114 Å². The van der Waals surface area contributed by atoms with Gasteiger partial charge in [-0.25, -0.2) is 0 Å². The molecule has 4 aromatic carbocycles. The molecule has 176 valence electrons. The van der Waals surface area contributed by atoms with Crippen LogP contribution in [0.2, 0.25) is 0 Å². The second-order valence-electron chi connectivity index (χ2n) is 8.45. The fourth-order valence-electron chi connectivity index (χ4n) is 3.97. The molecule has 0 N–H and O–H groups in total. The van der Waals surface area contributed by atoms with Crippen LogP contribution in [0.3, 0.4) is 0 Å². The standard InChI is InChI=1S/C18H13Br.C14H23N/c19-16-10-6-9-15(13-16)18-12-5-4-11-17(18)14-7-2-1-3-8-14;1-3-5-12-15(13-6-4-2)14-10-8-7-9-11-14/h1-13H;7-11H,3-6,12-13H2,1-2H3. The highest BCUT2D eigenvalue weighted by Crippen LogP contribution is 2.32. The number of unbranched alkanes of at least 4 members (excludes halogenated alkanes) is 2. The van der Waals surface area contributed by atoms with E-state index in [1.165, 1.54) is 66.7 Å². The smallest absolute Gasteiger partial charge is 0.0366 e.